The summed E-state index contributed by atoms with van der Waals surface area (Å²) in [5.74, 6) is 0.449. The van der Waals surface area contributed by atoms with Crippen molar-refractivity contribution >= 4 is 0 Å². The maximum atomic E-state index is 6.17. The van der Waals surface area contributed by atoms with E-state index in [1.807, 2.05) is 6.92 Å². The first-order chi connectivity index (χ1) is 5.69. The molecule has 1 rings (SSSR count). The highest BCUT2D eigenvalue weighted by Crippen LogP contribution is 2.53. The smallest absolute Gasteiger partial charge is 0.0437 e. The first kappa shape index (κ1) is 10.5. The lowest BCUT2D eigenvalue weighted by Crippen LogP contribution is -2.28. The molecule has 1 aliphatic carbocycles. The SMILES string of the molecule is C=C(C1CC1(N)C(=C)C)C(C)(C)C.[HH]. The molecule has 1 aliphatic rings. The summed E-state index contributed by atoms with van der Waals surface area (Å²) in [7, 11) is 0. The van der Waals surface area contributed by atoms with Gasteiger partial charge in [-0.3, -0.25) is 0 Å². The van der Waals surface area contributed by atoms with Crippen molar-refractivity contribution in [1.29, 1.82) is 0 Å². The van der Waals surface area contributed by atoms with E-state index < -0.39 is 0 Å². The lowest BCUT2D eigenvalue weighted by atomic mass is 9.83. The van der Waals surface area contributed by atoms with Crippen LogP contribution in [0.3, 0.4) is 0 Å². The van der Waals surface area contributed by atoms with E-state index in [9.17, 15) is 0 Å². The molecule has 0 radical (unpaired) electrons. The molecule has 0 heterocycles. The second-order valence-corrected chi connectivity index (χ2v) is 5.35. The van der Waals surface area contributed by atoms with Gasteiger partial charge in [0.25, 0.3) is 0 Å². The molecule has 0 aromatic heterocycles. The number of nitrogens with two attached hydrogens (primary N) is 1. The van der Waals surface area contributed by atoms with E-state index in [1.54, 1.807) is 0 Å². The lowest BCUT2D eigenvalue weighted by molar-refractivity contribution is 0.466. The number of hydrogen-bond donors (Lipinski definition) is 1. The third-order valence-electron chi connectivity index (χ3n) is 3.18. The Morgan fingerprint density at radius 1 is 1.46 bits per heavy atom. The molecule has 0 aliphatic heterocycles. The van der Waals surface area contributed by atoms with Crippen molar-refractivity contribution in [2.75, 3.05) is 0 Å². The van der Waals surface area contributed by atoms with Gasteiger partial charge in [0.05, 0.1) is 0 Å². The Morgan fingerprint density at radius 3 is 2.15 bits per heavy atom. The van der Waals surface area contributed by atoms with Crippen molar-refractivity contribution in [3.05, 3.63) is 24.3 Å². The van der Waals surface area contributed by atoms with E-state index in [0.717, 1.165) is 12.0 Å². The van der Waals surface area contributed by atoms with Crippen LogP contribution in [0.25, 0.3) is 0 Å². The van der Waals surface area contributed by atoms with E-state index >= 15 is 0 Å². The van der Waals surface area contributed by atoms with Crippen molar-refractivity contribution in [3.8, 4) is 0 Å². The van der Waals surface area contributed by atoms with Crippen LogP contribution in [0.5, 0.6) is 0 Å². The molecule has 1 nitrogen and oxygen atoms in total. The number of rotatable bonds is 2. The molecule has 0 aromatic rings. The number of hydrogen-bond acceptors (Lipinski definition) is 1. The zero-order chi connectivity index (χ0) is 10.4. The molecule has 1 fully saturated rings. The second-order valence-electron chi connectivity index (χ2n) is 5.35. The van der Waals surface area contributed by atoms with Gasteiger partial charge in [-0.1, -0.05) is 45.1 Å². The summed E-state index contributed by atoms with van der Waals surface area (Å²) in [4.78, 5) is 0. The molecule has 1 saturated carbocycles. The van der Waals surface area contributed by atoms with Crippen molar-refractivity contribution in [1.82, 2.24) is 0 Å². The average molecular weight is 181 g/mol. The zero-order valence-corrected chi connectivity index (χ0v) is 9.28. The fourth-order valence-corrected chi connectivity index (χ4v) is 1.71. The van der Waals surface area contributed by atoms with Crippen molar-refractivity contribution in [2.24, 2.45) is 17.1 Å². The van der Waals surface area contributed by atoms with Gasteiger partial charge in [-0.2, -0.15) is 0 Å². The van der Waals surface area contributed by atoms with Gasteiger partial charge in [-0.15, -0.1) is 0 Å². The largest absolute Gasteiger partial charge is 0.321 e. The molecular formula is C12H23N. The summed E-state index contributed by atoms with van der Waals surface area (Å²) >= 11 is 0. The predicted octanol–water partition coefficient (Wildman–Crippen LogP) is 3.13. The van der Waals surface area contributed by atoms with Gasteiger partial charge in [0.1, 0.15) is 0 Å². The van der Waals surface area contributed by atoms with Gasteiger partial charge in [-0.05, 0) is 18.8 Å². The first-order valence-electron chi connectivity index (χ1n) is 4.83. The molecule has 76 valence electrons. The van der Waals surface area contributed by atoms with Crippen LogP contribution in [-0.2, 0) is 0 Å². The third kappa shape index (κ3) is 1.71. The van der Waals surface area contributed by atoms with Gasteiger partial charge in [0.15, 0.2) is 0 Å². The van der Waals surface area contributed by atoms with E-state index in [4.69, 9.17) is 5.73 Å². The molecule has 1 heteroatoms. The Hall–Kier alpha value is -0.560. The molecule has 0 aromatic carbocycles. The molecule has 2 unspecified atom stereocenters. The van der Waals surface area contributed by atoms with Gasteiger partial charge in [-0.25, -0.2) is 0 Å². The van der Waals surface area contributed by atoms with Crippen LogP contribution in [-0.4, -0.2) is 5.54 Å². The van der Waals surface area contributed by atoms with Crippen molar-refractivity contribution in [3.63, 3.8) is 0 Å². The van der Waals surface area contributed by atoms with E-state index in [2.05, 4.69) is 33.9 Å². The molecule has 0 bridgehead atoms. The normalized spacial score (nSPS) is 32.8. The topological polar surface area (TPSA) is 26.0 Å². The monoisotopic (exact) mass is 181 g/mol. The fraction of sp³-hybridized carbons (Fsp3) is 0.667. The van der Waals surface area contributed by atoms with Crippen LogP contribution in [0.4, 0.5) is 0 Å². The summed E-state index contributed by atoms with van der Waals surface area (Å²) in [6.45, 7) is 16.7. The molecule has 2 N–H and O–H groups in total. The molecule has 0 saturated heterocycles. The standard InChI is InChI=1S/C12H21N.H2/c1-8(2)12(13)7-10(12)9(3)11(4,5)6;/h10H,1,3,7,13H2,2,4-6H3;1H. The second kappa shape index (κ2) is 2.71. The van der Waals surface area contributed by atoms with Gasteiger partial charge >= 0.3 is 0 Å². The minimum absolute atomic E-state index is 0. The van der Waals surface area contributed by atoms with E-state index in [-0.39, 0.29) is 12.4 Å². The summed E-state index contributed by atoms with van der Waals surface area (Å²) in [5, 5.41) is 0. The third-order valence-corrected chi connectivity index (χ3v) is 3.18. The van der Waals surface area contributed by atoms with E-state index in [1.165, 1.54) is 5.57 Å². The Balaban J connectivity index is 0.00000169. The molecule has 0 amide bonds. The predicted molar refractivity (Wildman–Crippen MR) is 60.5 cm³/mol. The maximum Gasteiger partial charge on any atom is 0.0437 e. The first-order valence-corrected chi connectivity index (χ1v) is 4.83. The lowest BCUT2D eigenvalue weighted by Gasteiger charge is -2.24. The summed E-state index contributed by atoms with van der Waals surface area (Å²) < 4.78 is 0. The Morgan fingerprint density at radius 2 is 1.92 bits per heavy atom. The minimum atomic E-state index is -0.148. The Labute approximate surface area is 83.2 Å². The highest BCUT2D eigenvalue weighted by Gasteiger charge is 2.54. The van der Waals surface area contributed by atoms with Gasteiger partial charge in [0.2, 0.25) is 0 Å². The quantitative estimate of drug-likeness (QED) is 0.651. The Bertz CT molecular complexity index is 262. The fourth-order valence-electron chi connectivity index (χ4n) is 1.71. The minimum Gasteiger partial charge on any atom is -0.321 e. The highest BCUT2D eigenvalue weighted by atomic mass is 14.9. The summed E-state index contributed by atoms with van der Waals surface area (Å²) in [5.41, 5.74) is 8.54. The van der Waals surface area contributed by atoms with Crippen LogP contribution in [0.15, 0.2) is 24.3 Å². The molecule has 13 heavy (non-hydrogen) atoms. The summed E-state index contributed by atoms with van der Waals surface area (Å²) in [6.07, 6.45) is 1.03. The summed E-state index contributed by atoms with van der Waals surface area (Å²) in [6, 6.07) is 0. The molecular weight excluding hydrogens is 158 g/mol. The molecule has 2 atom stereocenters. The van der Waals surface area contributed by atoms with E-state index in [0.29, 0.717) is 5.92 Å². The Kier molecular flexibility index (Phi) is 2.20. The highest BCUT2D eigenvalue weighted by molar-refractivity contribution is 5.36. The van der Waals surface area contributed by atoms with Crippen LogP contribution < -0.4 is 5.73 Å². The van der Waals surface area contributed by atoms with Crippen LogP contribution >= 0.6 is 0 Å². The van der Waals surface area contributed by atoms with Crippen LogP contribution in [0, 0.1) is 11.3 Å². The zero-order valence-electron chi connectivity index (χ0n) is 9.28. The van der Waals surface area contributed by atoms with Gasteiger partial charge in [0, 0.05) is 12.9 Å². The maximum absolute atomic E-state index is 6.17. The van der Waals surface area contributed by atoms with Crippen molar-refractivity contribution in [2.45, 2.75) is 39.7 Å². The van der Waals surface area contributed by atoms with Gasteiger partial charge < -0.3 is 5.73 Å². The van der Waals surface area contributed by atoms with Crippen LogP contribution in [0.1, 0.15) is 35.5 Å². The average Bonchev–Trinajstić information content (AvgIpc) is 2.60. The van der Waals surface area contributed by atoms with Crippen molar-refractivity contribution < 1.29 is 1.43 Å². The van der Waals surface area contributed by atoms with Crippen LogP contribution in [0.2, 0.25) is 0 Å². The molecule has 0 spiro atoms.